The summed E-state index contributed by atoms with van der Waals surface area (Å²) in [7, 11) is 0. The van der Waals surface area contributed by atoms with E-state index in [4.69, 9.17) is 4.74 Å². The Balaban J connectivity index is 1.78. The van der Waals surface area contributed by atoms with Gasteiger partial charge in [0.05, 0.1) is 13.2 Å². The molecule has 0 bridgehead atoms. The number of nitrogens with zero attached hydrogens (tertiary/aromatic N) is 1. The lowest BCUT2D eigenvalue weighted by atomic mass is 10.1. The van der Waals surface area contributed by atoms with E-state index in [-0.39, 0.29) is 17.7 Å². The van der Waals surface area contributed by atoms with Crippen LogP contribution < -0.4 is 15.4 Å². The number of Topliss-reactive ketones (excluding diaryl/α,β-unsaturated/α-hetero) is 1. The van der Waals surface area contributed by atoms with Crippen molar-refractivity contribution in [2.45, 2.75) is 33.3 Å². The van der Waals surface area contributed by atoms with Crippen LogP contribution in [0.5, 0.6) is 5.75 Å². The second-order valence-corrected chi connectivity index (χ2v) is 8.12. The highest BCUT2D eigenvalue weighted by atomic mass is 19.4. The zero-order valence-corrected chi connectivity index (χ0v) is 20.0. The molecule has 0 saturated carbocycles. The van der Waals surface area contributed by atoms with Crippen molar-refractivity contribution in [2.24, 2.45) is 0 Å². The molecule has 35 heavy (non-hydrogen) atoms. The Hall–Kier alpha value is -3.30. The van der Waals surface area contributed by atoms with Gasteiger partial charge in [0.2, 0.25) is 0 Å². The smallest absolute Gasteiger partial charge is 0.406 e. The summed E-state index contributed by atoms with van der Waals surface area (Å²) in [5.74, 6) is -0.276. The standard InChI is InChI=1S/C26H30F3N3O3/c1-4-24(21-7-5-6-20(17-21)19(3)33)31-25(32-12-14-34-15-13-32)16-18(2)30-22-8-10-23(11-9-22)35-26(27,28)29/h4-11,16-17,25,30-31H,12-15H2,1-3H3/b18-16+,24-4-. The number of halogens is 3. The van der Waals surface area contributed by atoms with Crippen molar-refractivity contribution in [1.29, 1.82) is 0 Å². The topological polar surface area (TPSA) is 62.8 Å². The normalized spacial score (nSPS) is 16.5. The van der Waals surface area contributed by atoms with Crippen LogP contribution in [0.15, 0.2) is 66.4 Å². The molecular weight excluding hydrogens is 459 g/mol. The van der Waals surface area contributed by atoms with Crippen molar-refractivity contribution in [3.8, 4) is 5.75 Å². The molecule has 1 saturated heterocycles. The van der Waals surface area contributed by atoms with E-state index in [0.29, 0.717) is 24.5 Å². The Morgan fingerprint density at radius 2 is 1.74 bits per heavy atom. The van der Waals surface area contributed by atoms with Crippen LogP contribution in [0, 0.1) is 0 Å². The molecule has 188 valence electrons. The van der Waals surface area contributed by atoms with E-state index in [9.17, 15) is 18.0 Å². The van der Waals surface area contributed by atoms with Crippen LogP contribution in [0.3, 0.4) is 0 Å². The van der Waals surface area contributed by atoms with Crippen molar-refractivity contribution < 1.29 is 27.4 Å². The van der Waals surface area contributed by atoms with Gasteiger partial charge >= 0.3 is 6.36 Å². The fourth-order valence-corrected chi connectivity index (χ4v) is 3.74. The van der Waals surface area contributed by atoms with Gasteiger partial charge in [-0.1, -0.05) is 24.3 Å². The number of ketones is 1. The maximum atomic E-state index is 12.4. The third kappa shape index (κ3) is 8.15. The zero-order valence-electron chi connectivity index (χ0n) is 20.0. The number of carbonyl (C=O) groups is 1. The summed E-state index contributed by atoms with van der Waals surface area (Å²) < 4.78 is 46.6. The number of ether oxygens (including phenoxy) is 2. The number of allylic oxidation sites excluding steroid dienone is 2. The van der Waals surface area contributed by atoms with Crippen molar-refractivity contribution in [1.82, 2.24) is 10.2 Å². The average Bonchev–Trinajstić information content (AvgIpc) is 2.82. The summed E-state index contributed by atoms with van der Waals surface area (Å²) in [6, 6.07) is 13.0. The van der Waals surface area contributed by atoms with Crippen LogP contribution in [0.1, 0.15) is 36.7 Å². The Morgan fingerprint density at radius 1 is 1.09 bits per heavy atom. The third-order valence-electron chi connectivity index (χ3n) is 5.45. The molecule has 1 aliphatic heterocycles. The first kappa shape index (κ1) is 26.3. The highest BCUT2D eigenvalue weighted by molar-refractivity contribution is 5.94. The zero-order chi connectivity index (χ0) is 25.4. The lowest BCUT2D eigenvalue weighted by Crippen LogP contribution is -2.49. The van der Waals surface area contributed by atoms with Gasteiger partial charge in [-0.2, -0.15) is 0 Å². The Bertz CT molecular complexity index is 1060. The summed E-state index contributed by atoms with van der Waals surface area (Å²) in [6.45, 7) is 8.05. The highest BCUT2D eigenvalue weighted by Crippen LogP contribution is 2.24. The predicted octanol–water partition coefficient (Wildman–Crippen LogP) is 5.41. The number of benzene rings is 2. The van der Waals surface area contributed by atoms with Gasteiger partial charge in [0.25, 0.3) is 0 Å². The van der Waals surface area contributed by atoms with E-state index in [0.717, 1.165) is 30.0 Å². The third-order valence-corrected chi connectivity index (χ3v) is 5.45. The van der Waals surface area contributed by atoms with Gasteiger partial charge in [0, 0.05) is 35.7 Å². The summed E-state index contributed by atoms with van der Waals surface area (Å²) in [5.41, 5.74) is 3.86. The number of carbonyl (C=O) groups excluding carboxylic acids is 1. The Kier molecular flexibility index (Phi) is 8.95. The van der Waals surface area contributed by atoms with Crippen molar-refractivity contribution in [3.63, 3.8) is 0 Å². The fraction of sp³-hybridized carbons (Fsp3) is 0.346. The minimum Gasteiger partial charge on any atom is -0.406 e. The second-order valence-electron chi connectivity index (χ2n) is 8.12. The summed E-state index contributed by atoms with van der Waals surface area (Å²) in [6.07, 6.45) is -0.936. The van der Waals surface area contributed by atoms with Gasteiger partial charge in [0.15, 0.2) is 5.78 Å². The molecule has 1 aliphatic rings. The number of nitrogens with one attached hydrogen (secondary N) is 2. The minimum atomic E-state index is -4.73. The molecule has 2 aromatic carbocycles. The summed E-state index contributed by atoms with van der Waals surface area (Å²) >= 11 is 0. The van der Waals surface area contributed by atoms with Crippen LogP contribution in [-0.4, -0.2) is 49.5 Å². The number of morpholine rings is 1. The molecule has 3 rings (SSSR count). The van der Waals surface area contributed by atoms with E-state index >= 15 is 0 Å². The van der Waals surface area contributed by atoms with Crippen LogP contribution in [0.25, 0.3) is 5.70 Å². The van der Waals surface area contributed by atoms with E-state index in [1.165, 1.54) is 31.2 Å². The molecule has 6 nitrogen and oxygen atoms in total. The molecule has 9 heteroatoms. The van der Waals surface area contributed by atoms with Gasteiger partial charge in [-0.05, 0) is 62.7 Å². The van der Waals surface area contributed by atoms with Gasteiger partial charge in [-0.25, -0.2) is 0 Å². The second kappa shape index (κ2) is 11.9. The quantitative estimate of drug-likeness (QED) is 0.459. The molecule has 0 radical (unpaired) electrons. The lowest BCUT2D eigenvalue weighted by Gasteiger charge is -2.35. The molecule has 1 atom stereocenters. The fourth-order valence-electron chi connectivity index (χ4n) is 3.74. The monoisotopic (exact) mass is 489 g/mol. The predicted molar refractivity (Wildman–Crippen MR) is 130 cm³/mol. The number of alkyl halides is 3. The largest absolute Gasteiger partial charge is 0.573 e. The van der Waals surface area contributed by atoms with Crippen molar-refractivity contribution >= 4 is 17.2 Å². The van der Waals surface area contributed by atoms with Crippen LogP contribution in [0.2, 0.25) is 0 Å². The number of anilines is 1. The highest BCUT2D eigenvalue weighted by Gasteiger charge is 2.31. The number of hydrogen-bond donors (Lipinski definition) is 2. The van der Waals surface area contributed by atoms with Gasteiger partial charge in [0.1, 0.15) is 11.9 Å². The summed E-state index contributed by atoms with van der Waals surface area (Å²) in [4.78, 5) is 14.1. The van der Waals surface area contributed by atoms with Gasteiger partial charge in [-0.15, -0.1) is 13.2 Å². The van der Waals surface area contributed by atoms with E-state index in [1.54, 1.807) is 6.07 Å². The van der Waals surface area contributed by atoms with Gasteiger partial charge < -0.3 is 20.1 Å². The SMILES string of the molecule is C/C=C(\NC(/C=C(\C)Nc1ccc(OC(F)(F)F)cc1)N1CCOCC1)c1cccc(C(C)=O)c1. The molecular formula is C26H30F3N3O3. The van der Waals surface area contributed by atoms with E-state index < -0.39 is 6.36 Å². The minimum absolute atomic E-state index is 0.00127. The molecule has 0 amide bonds. The number of hydrogen-bond acceptors (Lipinski definition) is 6. The summed E-state index contributed by atoms with van der Waals surface area (Å²) in [5, 5.41) is 6.79. The van der Waals surface area contributed by atoms with Gasteiger partial charge in [-0.3, -0.25) is 9.69 Å². The van der Waals surface area contributed by atoms with E-state index in [2.05, 4.69) is 20.3 Å². The molecule has 1 heterocycles. The van der Waals surface area contributed by atoms with Crippen molar-refractivity contribution in [3.05, 3.63) is 77.5 Å². The maximum absolute atomic E-state index is 12.4. The molecule has 1 unspecified atom stereocenters. The molecule has 0 aliphatic carbocycles. The molecule has 0 aromatic heterocycles. The molecule has 2 aromatic rings. The lowest BCUT2D eigenvalue weighted by molar-refractivity contribution is -0.274. The average molecular weight is 490 g/mol. The maximum Gasteiger partial charge on any atom is 0.573 e. The molecule has 0 spiro atoms. The van der Waals surface area contributed by atoms with Crippen LogP contribution in [-0.2, 0) is 4.74 Å². The van der Waals surface area contributed by atoms with Crippen LogP contribution in [0.4, 0.5) is 18.9 Å². The van der Waals surface area contributed by atoms with Crippen LogP contribution >= 0.6 is 0 Å². The Morgan fingerprint density at radius 3 is 2.34 bits per heavy atom. The molecule has 2 N–H and O–H groups in total. The Labute approximate surface area is 203 Å². The van der Waals surface area contributed by atoms with Crippen molar-refractivity contribution in [2.75, 3.05) is 31.6 Å². The first-order valence-corrected chi connectivity index (χ1v) is 11.3. The first-order valence-electron chi connectivity index (χ1n) is 11.3. The molecule has 1 fully saturated rings. The first-order chi connectivity index (χ1) is 16.6. The number of rotatable bonds is 9. The van der Waals surface area contributed by atoms with E-state index in [1.807, 2.05) is 44.2 Å².